The fraction of sp³-hybridized carbons (Fsp3) is 0.571. The molecule has 0 spiro atoms. The maximum atomic E-state index is 8.78. The summed E-state index contributed by atoms with van der Waals surface area (Å²) in [6.07, 6.45) is 0. The molecular formula is C14H21N3. The largest absolute Gasteiger partial charge is 0.370 e. The van der Waals surface area contributed by atoms with Crippen LogP contribution in [0.15, 0.2) is 18.2 Å². The van der Waals surface area contributed by atoms with Crippen LogP contribution in [-0.2, 0) is 0 Å². The van der Waals surface area contributed by atoms with E-state index in [1.165, 1.54) is 0 Å². The molecule has 0 radical (unpaired) electrons. The van der Waals surface area contributed by atoms with Crippen molar-refractivity contribution in [2.45, 2.75) is 27.7 Å². The molecule has 0 bridgehead atoms. The van der Waals surface area contributed by atoms with Crippen LogP contribution in [0.1, 0.15) is 33.4 Å². The van der Waals surface area contributed by atoms with Crippen LogP contribution >= 0.6 is 0 Å². The number of nitrogens with one attached hydrogen (secondary N) is 1. The molecule has 92 valence electrons. The van der Waals surface area contributed by atoms with Crippen molar-refractivity contribution in [2.24, 2.45) is 17.8 Å². The van der Waals surface area contributed by atoms with Gasteiger partial charge in [-0.1, -0.05) is 33.8 Å². The molecule has 0 unspecified atom stereocenters. The molecule has 1 rings (SSSR count). The van der Waals surface area contributed by atoms with Crippen molar-refractivity contribution < 1.29 is 0 Å². The van der Waals surface area contributed by atoms with Crippen molar-refractivity contribution in [1.29, 1.82) is 5.26 Å². The Labute approximate surface area is 104 Å². The number of nitrogens with zero attached hydrogens (tertiary/aromatic N) is 2. The third kappa shape index (κ3) is 4.07. The molecule has 0 aliphatic heterocycles. The maximum Gasteiger partial charge on any atom is 0.142 e. The summed E-state index contributed by atoms with van der Waals surface area (Å²) in [5, 5.41) is 12.1. The standard InChI is InChI=1S/C14H21N3/c1-10(2)13(11(3)4)9-16-14-7-5-6-12(8-15)17-14/h5-7,10-11,13H,9H2,1-4H3,(H,16,17). The van der Waals surface area contributed by atoms with E-state index in [1.54, 1.807) is 6.07 Å². The first kappa shape index (κ1) is 13.5. The molecule has 0 saturated heterocycles. The highest BCUT2D eigenvalue weighted by molar-refractivity contribution is 5.38. The van der Waals surface area contributed by atoms with E-state index in [1.807, 2.05) is 18.2 Å². The minimum absolute atomic E-state index is 0.459. The molecule has 0 amide bonds. The first-order valence-corrected chi connectivity index (χ1v) is 6.15. The van der Waals surface area contributed by atoms with E-state index >= 15 is 0 Å². The molecule has 17 heavy (non-hydrogen) atoms. The average Bonchev–Trinajstić information content (AvgIpc) is 2.28. The van der Waals surface area contributed by atoms with Crippen LogP contribution in [0.25, 0.3) is 0 Å². The van der Waals surface area contributed by atoms with Crippen LogP contribution in [-0.4, -0.2) is 11.5 Å². The van der Waals surface area contributed by atoms with Crippen molar-refractivity contribution in [1.82, 2.24) is 4.98 Å². The quantitative estimate of drug-likeness (QED) is 0.846. The Morgan fingerprint density at radius 2 is 1.88 bits per heavy atom. The lowest BCUT2D eigenvalue weighted by atomic mass is 9.85. The van der Waals surface area contributed by atoms with Crippen molar-refractivity contribution in [3.05, 3.63) is 23.9 Å². The second-order valence-corrected chi connectivity index (χ2v) is 5.05. The second kappa shape index (κ2) is 6.24. The lowest BCUT2D eigenvalue weighted by Gasteiger charge is -2.25. The Kier molecular flexibility index (Phi) is 4.96. The number of rotatable bonds is 5. The zero-order valence-electron chi connectivity index (χ0n) is 11.1. The van der Waals surface area contributed by atoms with Gasteiger partial charge in [-0.05, 0) is 29.9 Å². The molecule has 0 aliphatic rings. The van der Waals surface area contributed by atoms with E-state index in [-0.39, 0.29) is 0 Å². The summed E-state index contributed by atoms with van der Waals surface area (Å²) in [5.41, 5.74) is 0.459. The van der Waals surface area contributed by atoms with Gasteiger partial charge in [0.25, 0.3) is 0 Å². The van der Waals surface area contributed by atoms with Gasteiger partial charge in [0, 0.05) is 6.54 Å². The summed E-state index contributed by atoms with van der Waals surface area (Å²) < 4.78 is 0. The molecule has 3 heteroatoms. The third-order valence-corrected chi connectivity index (χ3v) is 3.10. The molecule has 0 fully saturated rings. The summed E-state index contributed by atoms with van der Waals surface area (Å²) in [7, 11) is 0. The molecule has 0 atom stereocenters. The average molecular weight is 231 g/mol. The van der Waals surface area contributed by atoms with E-state index in [4.69, 9.17) is 5.26 Å². The predicted molar refractivity (Wildman–Crippen MR) is 70.6 cm³/mol. The van der Waals surface area contributed by atoms with Gasteiger partial charge in [-0.2, -0.15) is 5.26 Å². The summed E-state index contributed by atoms with van der Waals surface area (Å²) in [6, 6.07) is 7.52. The minimum Gasteiger partial charge on any atom is -0.370 e. The van der Waals surface area contributed by atoms with Crippen molar-refractivity contribution in [3.63, 3.8) is 0 Å². The molecule has 1 aromatic heterocycles. The van der Waals surface area contributed by atoms with Gasteiger partial charge in [-0.25, -0.2) is 4.98 Å². The van der Waals surface area contributed by atoms with E-state index in [9.17, 15) is 0 Å². The number of pyridine rings is 1. The Bertz CT molecular complexity index is 383. The number of aromatic nitrogens is 1. The fourth-order valence-corrected chi connectivity index (χ4v) is 2.06. The number of anilines is 1. The highest BCUT2D eigenvalue weighted by atomic mass is 15.0. The zero-order valence-corrected chi connectivity index (χ0v) is 11.1. The third-order valence-electron chi connectivity index (χ3n) is 3.10. The highest BCUT2D eigenvalue weighted by Gasteiger charge is 2.17. The summed E-state index contributed by atoms with van der Waals surface area (Å²) in [6.45, 7) is 9.87. The Balaban J connectivity index is 2.63. The maximum absolute atomic E-state index is 8.78. The normalized spacial score (nSPS) is 10.9. The smallest absolute Gasteiger partial charge is 0.142 e. The molecule has 1 aromatic rings. The lowest BCUT2D eigenvalue weighted by molar-refractivity contribution is 0.304. The van der Waals surface area contributed by atoms with Crippen LogP contribution in [0, 0.1) is 29.1 Å². The van der Waals surface area contributed by atoms with Crippen molar-refractivity contribution in [2.75, 3.05) is 11.9 Å². The Morgan fingerprint density at radius 1 is 1.24 bits per heavy atom. The van der Waals surface area contributed by atoms with E-state index in [0.717, 1.165) is 12.4 Å². The van der Waals surface area contributed by atoms with Gasteiger partial charge in [0.05, 0.1) is 0 Å². The molecule has 0 saturated carbocycles. The van der Waals surface area contributed by atoms with Crippen LogP contribution in [0.2, 0.25) is 0 Å². The molecule has 3 nitrogen and oxygen atoms in total. The van der Waals surface area contributed by atoms with Crippen LogP contribution < -0.4 is 5.32 Å². The molecule has 0 aromatic carbocycles. The summed E-state index contributed by atoms with van der Waals surface area (Å²) >= 11 is 0. The van der Waals surface area contributed by atoms with Gasteiger partial charge < -0.3 is 5.32 Å². The van der Waals surface area contributed by atoms with Crippen LogP contribution in [0.4, 0.5) is 5.82 Å². The summed E-state index contributed by atoms with van der Waals surface area (Å²) in [5.74, 6) is 2.68. The second-order valence-electron chi connectivity index (χ2n) is 5.05. The van der Waals surface area contributed by atoms with Gasteiger partial charge in [-0.15, -0.1) is 0 Å². The first-order valence-electron chi connectivity index (χ1n) is 6.15. The highest BCUT2D eigenvalue weighted by Crippen LogP contribution is 2.20. The van der Waals surface area contributed by atoms with E-state index in [0.29, 0.717) is 23.4 Å². The van der Waals surface area contributed by atoms with Gasteiger partial charge in [0.15, 0.2) is 0 Å². The van der Waals surface area contributed by atoms with Crippen LogP contribution in [0.3, 0.4) is 0 Å². The van der Waals surface area contributed by atoms with Gasteiger partial charge in [0.2, 0.25) is 0 Å². The SMILES string of the molecule is CC(C)C(CNc1cccc(C#N)n1)C(C)C. The van der Waals surface area contributed by atoms with E-state index < -0.39 is 0 Å². The van der Waals surface area contributed by atoms with Crippen molar-refractivity contribution in [3.8, 4) is 6.07 Å². The molecule has 0 aliphatic carbocycles. The number of nitriles is 1. The lowest BCUT2D eigenvalue weighted by Crippen LogP contribution is -2.24. The molecular weight excluding hydrogens is 210 g/mol. The van der Waals surface area contributed by atoms with Gasteiger partial charge in [-0.3, -0.25) is 0 Å². The molecule has 1 heterocycles. The topological polar surface area (TPSA) is 48.7 Å². The molecule has 1 N–H and O–H groups in total. The predicted octanol–water partition coefficient (Wildman–Crippen LogP) is 3.29. The monoisotopic (exact) mass is 231 g/mol. The van der Waals surface area contributed by atoms with E-state index in [2.05, 4.69) is 38.0 Å². The van der Waals surface area contributed by atoms with Crippen LogP contribution in [0.5, 0.6) is 0 Å². The summed E-state index contributed by atoms with van der Waals surface area (Å²) in [4.78, 5) is 4.21. The Morgan fingerprint density at radius 3 is 2.41 bits per heavy atom. The van der Waals surface area contributed by atoms with Gasteiger partial charge >= 0.3 is 0 Å². The van der Waals surface area contributed by atoms with Gasteiger partial charge in [0.1, 0.15) is 17.6 Å². The van der Waals surface area contributed by atoms with Crippen molar-refractivity contribution >= 4 is 5.82 Å². The number of hydrogen-bond donors (Lipinski definition) is 1. The fourth-order valence-electron chi connectivity index (χ4n) is 2.06. The zero-order chi connectivity index (χ0) is 12.8. The number of hydrogen-bond acceptors (Lipinski definition) is 3. The first-order chi connectivity index (χ1) is 8.04. The minimum atomic E-state index is 0.459. The Hall–Kier alpha value is -1.56.